The van der Waals surface area contributed by atoms with E-state index in [0.29, 0.717) is 0 Å². The second-order valence-electron chi connectivity index (χ2n) is 1.85. The highest BCUT2D eigenvalue weighted by atomic mass is 16.5. The van der Waals surface area contributed by atoms with E-state index >= 15 is 0 Å². The molecule has 0 bridgehead atoms. The van der Waals surface area contributed by atoms with Gasteiger partial charge >= 0.3 is 5.97 Å². The zero-order chi connectivity index (χ0) is 8.27. The van der Waals surface area contributed by atoms with Crippen LogP contribution in [-0.2, 0) is 0 Å². The molecular formula is C6H6N2O3. The fraction of sp³-hybridized carbons (Fsp3) is 0. The van der Waals surface area contributed by atoms with Gasteiger partial charge in [-0.05, 0) is 12.1 Å². The summed E-state index contributed by atoms with van der Waals surface area (Å²) in [5.74, 6) is -0.822. The molecule has 1 aromatic heterocycles. The maximum Gasteiger partial charge on any atom is 0.337 e. The smallest absolute Gasteiger partial charge is 0.337 e. The summed E-state index contributed by atoms with van der Waals surface area (Å²) in [5, 5.41) is 16.7. The zero-order valence-corrected chi connectivity index (χ0v) is 5.48. The Kier molecular flexibility index (Phi) is 2.03. The molecule has 3 N–H and O–H groups in total. The predicted molar refractivity (Wildman–Crippen MR) is 36.6 cm³/mol. The standard InChI is InChI=1S/C6H6N2O3/c9-6(10)4-1-2-5(8-11)7-3-4/h1-3,11H,(H,7,8)(H,9,10). The highest BCUT2D eigenvalue weighted by Crippen LogP contribution is 2.02. The van der Waals surface area contributed by atoms with Crippen LogP contribution in [0.5, 0.6) is 0 Å². The second-order valence-corrected chi connectivity index (χ2v) is 1.85. The number of pyridine rings is 1. The Morgan fingerprint density at radius 1 is 1.55 bits per heavy atom. The van der Waals surface area contributed by atoms with Gasteiger partial charge in [-0.15, -0.1) is 0 Å². The second kappa shape index (κ2) is 2.98. The van der Waals surface area contributed by atoms with Crippen LogP contribution in [0.25, 0.3) is 0 Å². The average molecular weight is 154 g/mol. The molecule has 1 aromatic rings. The number of hydrogen-bond acceptors (Lipinski definition) is 4. The number of aromatic carboxylic acids is 1. The Bertz CT molecular complexity index is 257. The maximum absolute atomic E-state index is 10.3. The summed E-state index contributed by atoms with van der Waals surface area (Å²) in [6, 6.07) is 2.71. The van der Waals surface area contributed by atoms with Crippen LogP contribution in [0.3, 0.4) is 0 Å². The summed E-state index contributed by atoms with van der Waals surface area (Å²) in [6.45, 7) is 0. The van der Waals surface area contributed by atoms with E-state index in [1.807, 2.05) is 0 Å². The summed E-state index contributed by atoms with van der Waals surface area (Å²) in [7, 11) is 0. The van der Waals surface area contributed by atoms with Crippen molar-refractivity contribution in [3.05, 3.63) is 23.9 Å². The third-order valence-electron chi connectivity index (χ3n) is 1.12. The molecule has 0 aromatic carbocycles. The van der Waals surface area contributed by atoms with E-state index in [0.717, 1.165) is 6.20 Å². The van der Waals surface area contributed by atoms with Crippen molar-refractivity contribution in [3.8, 4) is 0 Å². The molecule has 11 heavy (non-hydrogen) atoms. The molecule has 0 fully saturated rings. The molecule has 5 heteroatoms. The SMILES string of the molecule is O=C(O)c1ccc(NO)nc1. The van der Waals surface area contributed by atoms with Crippen molar-refractivity contribution in [3.63, 3.8) is 0 Å². The van der Waals surface area contributed by atoms with Gasteiger partial charge in [-0.2, -0.15) is 0 Å². The molecule has 58 valence electrons. The average Bonchev–Trinajstić information content (AvgIpc) is 2.05. The number of anilines is 1. The van der Waals surface area contributed by atoms with Crippen molar-refractivity contribution in [2.75, 3.05) is 5.48 Å². The lowest BCUT2D eigenvalue weighted by Crippen LogP contribution is -1.98. The van der Waals surface area contributed by atoms with E-state index in [4.69, 9.17) is 10.3 Å². The van der Waals surface area contributed by atoms with Crippen LogP contribution in [0.4, 0.5) is 5.82 Å². The summed E-state index contributed by atoms with van der Waals surface area (Å²) < 4.78 is 0. The number of nitrogens with one attached hydrogen (secondary N) is 1. The third-order valence-corrected chi connectivity index (χ3v) is 1.12. The fourth-order valence-electron chi connectivity index (χ4n) is 0.587. The largest absolute Gasteiger partial charge is 0.478 e. The van der Waals surface area contributed by atoms with Crippen molar-refractivity contribution in [2.45, 2.75) is 0 Å². The summed E-state index contributed by atoms with van der Waals surface area (Å²) in [5.41, 5.74) is 1.88. The Hall–Kier alpha value is -1.62. The Morgan fingerprint density at radius 2 is 2.27 bits per heavy atom. The lowest BCUT2D eigenvalue weighted by molar-refractivity contribution is 0.0696. The van der Waals surface area contributed by atoms with E-state index in [1.165, 1.54) is 12.1 Å². The number of rotatable bonds is 2. The van der Waals surface area contributed by atoms with Gasteiger partial charge in [0.05, 0.1) is 5.56 Å². The molecule has 0 atom stereocenters. The molecule has 0 aliphatic rings. The van der Waals surface area contributed by atoms with Crippen LogP contribution >= 0.6 is 0 Å². The van der Waals surface area contributed by atoms with E-state index < -0.39 is 5.97 Å². The normalized spacial score (nSPS) is 9.18. The lowest BCUT2D eigenvalue weighted by atomic mass is 10.3. The van der Waals surface area contributed by atoms with Gasteiger partial charge in [-0.25, -0.2) is 9.78 Å². The molecule has 0 aliphatic heterocycles. The van der Waals surface area contributed by atoms with Gasteiger partial charge in [0.25, 0.3) is 0 Å². The van der Waals surface area contributed by atoms with Crippen LogP contribution in [0, 0.1) is 0 Å². The first kappa shape index (κ1) is 7.49. The first-order valence-electron chi connectivity index (χ1n) is 2.83. The van der Waals surface area contributed by atoms with Crippen molar-refractivity contribution < 1.29 is 15.1 Å². The Balaban J connectivity index is 2.91. The number of carboxylic acids is 1. The topological polar surface area (TPSA) is 82.5 Å². The van der Waals surface area contributed by atoms with Crippen LogP contribution in [0.15, 0.2) is 18.3 Å². The van der Waals surface area contributed by atoms with Gasteiger partial charge < -0.3 is 5.11 Å². The number of hydrogen-bond donors (Lipinski definition) is 3. The van der Waals surface area contributed by atoms with E-state index in [-0.39, 0.29) is 11.4 Å². The molecule has 0 radical (unpaired) electrons. The first-order chi connectivity index (χ1) is 5.24. The van der Waals surface area contributed by atoms with Crippen LogP contribution in [0.2, 0.25) is 0 Å². The minimum absolute atomic E-state index is 0.0870. The van der Waals surface area contributed by atoms with Crippen molar-refractivity contribution in [1.82, 2.24) is 4.98 Å². The number of carboxylic acid groups (broad SMARTS) is 1. The molecule has 0 spiro atoms. The zero-order valence-electron chi connectivity index (χ0n) is 5.48. The van der Waals surface area contributed by atoms with Gasteiger partial charge in [-0.1, -0.05) is 0 Å². The minimum atomic E-state index is -1.04. The Morgan fingerprint density at radius 3 is 2.64 bits per heavy atom. The third kappa shape index (κ3) is 1.65. The molecule has 1 heterocycles. The predicted octanol–water partition coefficient (Wildman–Crippen LogP) is 0.581. The summed E-state index contributed by atoms with van der Waals surface area (Å²) in [4.78, 5) is 13.9. The van der Waals surface area contributed by atoms with E-state index in [2.05, 4.69) is 4.98 Å². The van der Waals surface area contributed by atoms with Crippen LogP contribution in [0.1, 0.15) is 10.4 Å². The molecule has 0 saturated heterocycles. The Labute approximate surface area is 62.3 Å². The fourth-order valence-corrected chi connectivity index (χ4v) is 0.587. The van der Waals surface area contributed by atoms with Crippen molar-refractivity contribution in [1.29, 1.82) is 0 Å². The first-order valence-corrected chi connectivity index (χ1v) is 2.83. The summed E-state index contributed by atoms with van der Waals surface area (Å²) >= 11 is 0. The van der Waals surface area contributed by atoms with Crippen LogP contribution in [-0.4, -0.2) is 21.3 Å². The number of aromatic nitrogens is 1. The molecular weight excluding hydrogens is 148 g/mol. The lowest BCUT2D eigenvalue weighted by Gasteiger charge is -1.96. The van der Waals surface area contributed by atoms with Gasteiger partial charge in [-0.3, -0.25) is 10.7 Å². The highest BCUT2D eigenvalue weighted by molar-refractivity contribution is 5.87. The number of carbonyl (C=O) groups is 1. The van der Waals surface area contributed by atoms with Gasteiger partial charge in [0.15, 0.2) is 0 Å². The molecule has 0 aliphatic carbocycles. The molecule has 0 amide bonds. The molecule has 1 rings (SSSR count). The summed E-state index contributed by atoms with van der Waals surface area (Å²) in [6.07, 6.45) is 1.15. The van der Waals surface area contributed by atoms with Crippen molar-refractivity contribution in [2.24, 2.45) is 0 Å². The van der Waals surface area contributed by atoms with E-state index in [1.54, 1.807) is 5.48 Å². The van der Waals surface area contributed by atoms with Gasteiger partial charge in [0, 0.05) is 6.20 Å². The van der Waals surface area contributed by atoms with Gasteiger partial charge in [0.1, 0.15) is 5.82 Å². The maximum atomic E-state index is 10.3. The number of nitrogens with zero attached hydrogens (tertiary/aromatic N) is 1. The molecule has 0 unspecified atom stereocenters. The van der Waals surface area contributed by atoms with E-state index in [9.17, 15) is 4.79 Å². The monoisotopic (exact) mass is 154 g/mol. The van der Waals surface area contributed by atoms with Crippen LogP contribution < -0.4 is 5.48 Å². The quantitative estimate of drug-likeness (QED) is 0.543. The molecule has 5 nitrogen and oxygen atoms in total. The highest BCUT2D eigenvalue weighted by Gasteiger charge is 2.01. The van der Waals surface area contributed by atoms with Gasteiger partial charge in [0.2, 0.25) is 0 Å². The minimum Gasteiger partial charge on any atom is -0.478 e. The van der Waals surface area contributed by atoms with Crippen molar-refractivity contribution >= 4 is 11.8 Å². The molecule has 0 saturated carbocycles.